The number of esters is 2. The average Bonchev–Trinajstić information content (AvgIpc) is 3.34. The van der Waals surface area contributed by atoms with Crippen LogP contribution in [0.25, 0.3) is 0 Å². The van der Waals surface area contributed by atoms with Crippen LogP contribution in [-0.4, -0.2) is 37.9 Å². The Morgan fingerprint density at radius 2 is 0.662 bits per heavy atom. The van der Waals surface area contributed by atoms with Gasteiger partial charge in [-0.2, -0.15) is 0 Å². The van der Waals surface area contributed by atoms with Gasteiger partial charge < -0.3 is 14.2 Å². The van der Waals surface area contributed by atoms with E-state index >= 15 is 0 Å². The van der Waals surface area contributed by atoms with Crippen LogP contribution in [0.4, 0.5) is 0 Å². The van der Waals surface area contributed by atoms with E-state index in [0.29, 0.717) is 19.4 Å². The largest absolute Gasteiger partial charge is 0.462 e. The van der Waals surface area contributed by atoms with Crippen LogP contribution in [0, 0.1) is 0 Å². The second-order valence-electron chi connectivity index (χ2n) is 18.1. The van der Waals surface area contributed by atoms with Crippen LogP contribution in [0.2, 0.25) is 0 Å². The van der Waals surface area contributed by atoms with E-state index in [1.54, 1.807) is 0 Å². The standard InChI is InChI=1S/C63H104O5/c1-4-7-10-13-16-19-22-25-28-31-32-34-35-38-41-44-47-50-53-56-62(64)67-60-61(59-66-58-55-52-49-46-43-40-37-30-27-24-21-18-15-12-9-6-3)68-63(65)57-54-51-48-45-42-39-36-33-29-26-23-20-17-14-11-8-5-2/h7,9-10,12,16-21,25-30,32,34,38,41,61H,4-6,8,11,13-15,22-24,31,33,35-37,39-40,42-60H2,1-3H3/b10-7-,12-9-,19-16-,20-17-,21-18-,28-25-,29-26-,30-27-,34-32-,41-38-. The number of carbonyl (C=O) groups is 2. The summed E-state index contributed by atoms with van der Waals surface area (Å²) in [6.07, 6.45) is 80.7. The maximum absolute atomic E-state index is 12.9. The first kappa shape index (κ1) is 64.3. The molecule has 0 saturated carbocycles. The molecule has 0 aromatic rings. The molecule has 5 heteroatoms. The van der Waals surface area contributed by atoms with Crippen molar-refractivity contribution in [1.82, 2.24) is 0 Å². The van der Waals surface area contributed by atoms with Crippen LogP contribution in [0.15, 0.2) is 122 Å². The molecule has 0 radical (unpaired) electrons. The summed E-state index contributed by atoms with van der Waals surface area (Å²) in [5.74, 6) is -0.455. The minimum absolute atomic E-state index is 0.0522. The SMILES string of the molecule is CC/C=C\C/C=C\C/C=C\C/C=C\C/C=C\CCCCCC(=O)OCC(COCCCCCCCC/C=C\C/C=C\C/C=C\CC)OC(=O)CCCCCCCCC/C=C\C/C=C\CCCCC. The van der Waals surface area contributed by atoms with E-state index in [1.165, 1.54) is 77.0 Å². The first-order valence-electron chi connectivity index (χ1n) is 28.1. The second kappa shape index (κ2) is 57.6. The van der Waals surface area contributed by atoms with Crippen molar-refractivity contribution in [1.29, 1.82) is 0 Å². The van der Waals surface area contributed by atoms with Crippen molar-refractivity contribution in [3.8, 4) is 0 Å². The molecule has 68 heavy (non-hydrogen) atoms. The highest BCUT2D eigenvalue weighted by atomic mass is 16.6. The summed E-state index contributed by atoms with van der Waals surface area (Å²) in [6, 6.07) is 0. The molecule has 386 valence electrons. The van der Waals surface area contributed by atoms with Crippen LogP contribution in [-0.2, 0) is 23.8 Å². The van der Waals surface area contributed by atoms with Gasteiger partial charge in [0.05, 0.1) is 6.61 Å². The summed E-state index contributed by atoms with van der Waals surface area (Å²) in [4.78, 5) is 25.5. The fourth-order valence-corrected chi connectivity index (χ4v) is 7.34. The van der Waals surface area contributed by atoms with Crippen LogP contribution in [0.1, 0.15) is 239 Å². The Balaban J connectivity index is 4.40. The van der Waals surface area contributed by atoms with Gasteiger partial charge in [0.15, 0.2) is 6.10 Å². The molecular weight excluding hydrogens is 837 g/mol. The summed E-state index contributed by atoms with van der Waals surface area (Å²) < 4.78 is 17.4. The Kier molecular flexibility index (Phi) is 54.5. The van der Waals surface area contributed by atoms with Crippen molar-refractivity contribution in [3.05, 3.63) is 122 Å². The molecule has 5 nitrogen and oxygen atoms in total. The number of allylic oxidation sites excluding steroid dienone is 20. The quantitative estimate of drug-likeness (QED) is 0.0345. The lowest BCUT2D eigenvalue weighted by Gasteiger charge is -2.18. The van der Waals surface area contributed by atoms with Gasteiger partial charge in [0.1, 0.15) is 6.61 Å². The van der Waals surface area contributed by atoms with E-state index in [9.17, 15) is 9.59 Å². The molecule has 0 amide bonds. The fourth-order valence-electron chi connectivity index (χ4n) is 7.34. The van der Waals surface area contributed by atoms with E-state index in [1.807, 2.05) is 0 Å². The van der Waals surface area contributed by atoms with Gasteiger partial charge in [0.25, 0.3) is 0 Å². The van der Waals surface area contributed by atoms with E-state index in [-0.39, 0.29) is 25.2 Å². The molecule has 0 N–H and O–H groups in total. The van der Waals surface area contributed by atoms with Gasteiger partial charge in [-0.15, -0.1) is 0 Å². The fraction of sp³-hybridized carbons (Fsp3) is 0.651. The smallest absolute Gasteiger partial charge is 0.306 e. The van der Waals surface area contributed by atoms with Crippen LogP contribution in [0.5, 0.6) is 0 Å². The normalized spacial score (nSPS) is 13.2. The zero-order valence-electron chi connectivity index (χ0n) is 44.3. The number of hydrogen-bond acceptors (Lipinski definition) is 5. The van der Waals surface area contributed by atoms with Gasteiger partial charge in [-0.1, -0.05) is 219 Å². The van der Waals surface area contributed by atoms with E-state index in [2.05, 4.69) is 142 Å². The maximum atomic E-state index is 12.9. The number of hydrogen-bond donors (Lipinski definition) is 0. The summed E-state index contributed by atoms with van der Waals surface area (Å²) in [5, 5.41) is 0. The summed E-state index contributed by atoms with van der Waals surface area (Å²) in [6.45, 7) is 7.51. The molecule has 1 atom stereocenters. The van der Waals surface area contributed by atoms with Crippen molar-refractivity contribution in [2.45, 2.75) is 245 Å². The predicted molar refractivity (Wildman–Crippen MR) is 297 cm³/mol. The van der Waals surface area contributed by atoms with E-state index in [4.69, 9.17) is 14.2 Å². The minimum Gasteiger partial charge on any atom is -0.462 e. The summed E-state index contributed by atoms with van der Waals surface area (Å²) in [7, 11) is 0. The molecule has 0 aromatic heterocycles. The highest BCUT2D eigenvalue weighted by molar-refractivity contribution is 5.70. The van der Waals surface area contributed by atoms with Crippen molar-refractivity contribution in [2.75, 3.05) is 19.8 Å². The van der Waals surface area contributed by atoms with Gasteiger partial charge >= 0.3 is 11.9 Å². The second-order valence-corrected chi connectivity index (χ2v) is 18.1. The molecule has 0 heterocycles. The molecule has 0 aliphatic carbocycles. The number of rotatable bonds is 50. The van der Waals surface area contributed by atoms with Crippen molar-refractivity contribution >= 4 is 11.9 Å². The molecule has 0 aliphatic heterocycles. The van der Waals surface area contributed by atoms with Crippen LogP contribution in [0.3, 0.4) is 0 Å². The minimum atomic E-state index is -0.570. The topological polar surface area (TPSA) is 61.8 Å². The molecule has 0 fully saturated rings. The predicted octanol–water partition coefficient (Wildman–Crippen LogP) is 19.3. The number of carbonyl (C=O) groups excluding carboxylic acids is 2. The van der Waals surface area contributed by atoms with Gasteiger partial charge in [0, 0.05) is 19.4 Å². The monoisotopic (exact) mass is 941 g/mol. The molecular formula is C63H104O5. The third kappa shape index (κ3) is 54.9. The molecule has 0 aromatic carbocycles. The first-order valence-corrected chi connectivity index (χ1v) is 28.1. The number of ether oxygens (including phenoxy) is 3. The van der Waals surface area contributed by atoms with E-state index < -0.39 is 6.10 Å². The van der Waals surface area contributed by atoms with Crippen molar-refractivity contribution in [3.63, 3.8) is 0 Å². The molecule has 0 aliphatic rings. The Morgan fingerprint density at radius 1 is 0.338 bits per heavy atom. The zero-order valence-corrected chi connectivity index (χ0v) is 44.3. The average molecular weight is 942 g/mol. The van der Waals surface area contributed by atoms with Gasteiger partial charge in [0.2, 0.25) is 0 Å². The van der Waals surface area contributed by atoms with Crippen molar-refractivity contribution in [2.24, 2.45) is 0 Å². The first-order chi connectivity index (χ1) is 33.6. The molecule has 1 unspecified atom stereocenters. The zero-order chi connectivity index (χ0) is 49.2. The third-order valence-corrected chi connectivity index (χ3v) is 11.5. The van der Waals surface area contributed by atoms with Gasteiger partial charge in [-0.25, -0.2) is 0 Å². The summed E-state index contributed by atoms with van der Waals surface area (Å²) in [5.41, 5.74) is 0. The van der Waals surface area contributed by atoms with E-state index in [0.717, 1.165) is 128 Å². The maximum Gasteiger partial charge on any atom is 0.306 e. The lowest BCUT2D eigenvalue weighted by molar-refractivity contribution is -0.163. The summed E-state index contributed by atoms with van der Waals surface area (Å²) >= 11 is 0. The van der Waals surface area contributed by atoms with Crippen LogP contribution < -0.4 is 0 Å². The Morgan fingerprint density at radius 3 is 1.07 bits per heavy atom. The molecule has 0 saturated heterocycles. The van der Waals surface area contributed by atoms with Crippen LogP contribution >= 0.6 is 0 Å². The van der Waals surface area contributed by atoms with Gasteiger partial charge in [-0.05, 0) is 128 Å². The lowest BCUT2D eigenvalue weighted by atomic mass is 10.1. The lowest BCUT2D eigenvalue weighted by Crippen LogP contribution is -2.30. The third-order valence-electron chi connectivity index (χ3n) is 11.5. The molecule has 0 rings (SSSR count). The molecule has 0 bridgehead atoms. The van der Waals surface area contributed by atoms with Gasteiger partial charge in [-0.3, -0.25) is 9.59 Å². The Bertz CT molecular complexity index is 1390. The number of unbranched alkanes of at least 4 members (excludes halogenated alkanes) is 19. The molecule has 0 spiro atoms. The highest BCUT2D eigenvalue weighted by Gasteiger charge is 2.17. The highest BCUT2D eigenvalue weighted by Crippen LogP contribution is 2.13. The Labute approximate surface area is 420 Å². The Hall–Kier alpha value is -3.70. The van der Waals surface area contributed by atoms with Crippen molar-refractivity contribution < 1.29 is 23.8 Å².